The van der Waals surface area contributed by atoms with E-state index in [0.29, 0.717) is 12.0 Å². The largest absolute Gasteiger partial charge is 0.416 e. The number of alkyl halides is 3. The first-order valence-corrected chi connectivity index (χ1v) is 6.97. The van der Waals surface area contributed by atoms with Crippen LogP contribution in [0.5, 0.6) is 0 Å². The third kappa shape index (κ3) is 3.58. The third-order valence-electron chi connectivity index (χ3n) is 2.88. The fourth-order valence-corrected chi connectivity index (χ4v) is 3.04. The van der Waals surface area contributed by atoms with E-state index in [4.69, 9.17) is 0 Å². The van der Waals surface area contributed by atoms with Gasteiger partial charge in [0.1, 0.15) is 0 Å². The first-order valence-electron chi connectivity index (χ1n) is 6.16. The molecule has 0 aliphatic rings. The van der Waals surface area contributed by atoms with E-state index < -0.39 is 11.7 Å². The summed E-state index contributed by atoms with van der Waals surface area (Å²) in [4.78, 5) is 5.53. The van der Waals surface area contributed by atoms with Crippen LogP contribution in [0.1, 0.15) is 26.7 Å². The maximum absolute atomic E-state index is 12.7. The number of hydrogen-bond acceptors (Lipinski definition) is 3. The Bertz CT molecular complexity index is 590. The van der Waals surface area contributed by atoms with Gasteiger partial charge in [-0.05, 0) is 25.6 Å². The summed E-state index contributed by atoms with van der Waals surface area (Å²) < 4.78 is 38.0. The van der Waals surface area contributed by atoms with Gasteiger partial charge in [0.25, 0.3) is 0 Å². The highest BCUT2D eigenvalue weighted by molar-refractivity contribution is 7.11. The van der Waals surface area contributed by atoms with Crippen molar-refractivity contribution in [1.82, 2.24) is 10.3 Å². The second kappa shape index (κ2) is 5.93. The Labute approximate surface area is 119 Å². The maximum Gasteiger partial charge on any atom is 0.416 e. The van der Waals surface area contributed by atoms with Gasteiger partial charge in [0, 0.05) is 17.8 Å². The number of benzene rings is 1. The van der Waals surface area contributed by atoms with Gasteiger partial charge in [0.05, 0.1) is 16.3 Å². The summed E-state index contributed by atoms with van der Waals surface area (Å²) in [5.74, 6) is 0. The molecule has 0 saturated carbocycles. The van der Waals surface area contributed by atoms with Gasteiger partial charge in [-0.2, -0.15) is 13.2 Å². The lowest BCUT2D eigenvalue weighted by molar-refractivity contribution is -0.137. The average molecular weight is 300 g/mol. The highest BCUT2D eigenvalue weighted by Gasteiger charge is 2.30. The number of halogens is 3. The molecule has 6 heteroatoms. The standard InChI is InChI=1S/C14H15F3N2S/c1-9-12(8-18-2)20-13(19-9)7-10-4-3-5-11(6-10)14(15,16)17/h3-6,18H,7-8H2,1-2H3. The van der Waals surface area contributed by atoms with E-state index in [0.717, 1.165) is 28.2 Å². The van der Waals surface area contributed by atoms with E-state index in [1.165, 1.54) is 23.5 Å². The van der Waals surface area contributed by atoms with Crippen LogP contribution in [0.3, 0.4) is 0 Å². The van der Waals surface area contributed by atoms with Crippen LogP contribution in [0.4, 0.5) is 13.2 Å². The molecular formula is C14H15F3N2S. The molecule has 0 unspecified atom stereocenters. The number of nitrogens with one attached hydrogen (secondary N) is 1. The second-order valence-corrected chi connectivity index (χ2v) is 5.69. The van der Waals surface area contributed by atoms with Crippen LogP contribution in [-0.4, -0.2) is 12.0 Å². The molecule has 0 radical (unpaired) electrons. The minimum absolute atomic E-state index is 0.430. The van der Waals surface area contributed by atoms with Crippen molar-refractivity contribution >= 4 is 11.3 Å². The number of thiazole rings is 1. The van der Waals surface area contributed by atoms with Gasteiger partial charge in [-0.3, -0.25) is 0 Å². The molecule has 0 amide bonds. The van der Waals surface area contributed by atoms with Gasteiger partial charge < -0.3 is 5.32 Å². The molecule has 0 aliphatic carbocycles. The SMILES string of the molecule is CNCc1sc(Cc2cccc(C(F)(F)F)c2)nc1C. The third-order valence-corrected chi connectivity index (χ3v) is 4.04. The molecule has 2 rings (SSSR count). The van der Waals surface area contributed by atoms with E-state index in [9.17, 15) is 13.2 Å². The van der Waals surface area contributed by atoms with Crippen molar-refractivity contribution in [3.8, 4) is 0 Å². The highest BCUT2D eigenvalue weighted by atomic mass is 32.1. The zero-order valence-electron chi connectivity index (χ0n) is 11.2. The van der Waals surface area contributed by atoms with Crippen LogP contribution >= 0.6 is 11.3 Å². The fraction of sp³-hybridized carbons (Fsp3) is 0.357. The Kier molecular flexibility index (Phi) is 4.45. The monoisotopic (exact) mass is 300 g/mol. The molecule has 1 heterocycles. The Morgan fingerprint density at radius 1 is 1.30 bits per heavy atom. The zero-order chi connectivity index (χ0) is 14.8. The van der Waals surface area contributed by atoms with Gasteiger partial charge in [-0.25, -0.2) is 4.98 Å². The van der Waals surface area contributed by atoms with E-state index in [2.05, 4.69) is 10.3 Å². The average Bonchev–Trinajstić information content (AvgIpc) is 2.69. The van der Waals surface area contributed by atoms with Crippen molar-refractivity contribution in [2.75, 3.05) is 7.05 Å². The molecule has 2 aromatic rings. The molecule has 0 bridgehead atoms. The predicted octanol–water partition coefficient (Wildman–Crippen LogP) is 3.78. The smallest absolute Gasteiger partial charge is 0.315 e. The lowest BCUT2D eigenvalue weighted by Gasteiger charge is -2.07. The van der Waals surface area contributed by atoms with Crippen LogP contribution < -0.4 is 5.32 Å². The molecule has 1 aromatic heterocycles. The van der Waals surface area contributed by atoms with Crippen LogP contribution in [0.2, 0.25) is 0 Å². The van der Waals surface area contributed by atoms with Crippen LogP contribution in [0.15, 0.2) is 24.3 Å². The summed E-state index contributed by atoms with van der Waals surface area (Å²) in [6.07, 6.45) is -3.87. The lowest BCUT2D eigenvalue weighted by atomic mass is 10.1. The normalized spacial score (nSPS) is 11.8. The molecule has 2 nitrogen and oxygen atoms in total. The Morgan fingerprint density at radius 3 is 2.70 bits per heavy atom. The Balaban J connectivity index is 2.20. The number of nitrogens with zero attached hydrogens (tertiary/aromatic N) is 1. The quantitative estimate of drug-likeness (QED) is 0.929. The molecule has 0 fully saturated rings. The molecule has 1 aromatic carbocycles. The summed E-state index contributed by atoms with van der Waals surface area (Å²) >= 11 is 1.54. The van der Waals surface area contributed by atoms with E-state index >= 15 is 0 Å². The van der Waals surface area contributed by atoms with Crippen molar-refractivity contribution in [2.45, 2.75) is 26.1 Å². The highest BCUT2D eigenvalue weighted by Crippen LogP contribution is 2.30. The summed E-state index contributed by atoms with van der Waals surface area (Å²) in [5.41, 5.74) is 0.953. The van der Waals surface area contributed by atoms with Crippen LogP contribution in [-0.2, 0) is 19.1 Å². The molecule has 20 heavy (non-hydrogen) atoms. The van der Waals surface area contributed by atoms with E-state index in [-0.39, 0.29) is 0 Å². The number of hydrogen-bond donors (Lipinski definition) is 1. The summed E-state index contributed by atoms with van der Waals surface area (Å²) in [6.45, 7) is 2.64. The van der Waals surface area contributed by atoms with Crippen molar-refractivity contribution in [1.29, 1.82) is 0 Å². The molecule has 0 saturated heterocycles. The maximum atomic E-state index is 12.7. The van der Waals surface area contributed by atoms with Crippen molar-refractivity contribution < 1.29 is 13.2 Å². The van der Waals surface area contributed by atoms with E-state index in [1.807, 2.05) is 14.0 Å². The Hall–Kier alpha value is -1.40. The Morgan fingerprint density at radius 2 is 2.05 bits per heavy atom. The minimum atomic E-state index is -4.30. The van der Waals surface area contributed by atoms with Crippen molar-refractivity contribution in [3.05, 3.63) is 51.0 Å². The van der Waals surface area contributed by atoms with E-state index in [1.54, 1.807) is 6.07 Å². The van der Waals surface area contributed by atoms with Gasteiger partial charge in [-0.1, -0.05) is 18.2 Å². The van der Waals surface area contributed by atoms with Crippen LogP contribution in [0.25, 0.3) is 0 Å². The van der Waals surface area contributed by atoms with Gasteiger partial charge in [0.2, 0.25) is 0 Å². The molecular weight excluding hydrogens is 285 g/mol. The first-order chi connectivity index (χ1) is 9.40. The molecule has 108 valence electrons. The van der Waals surface area contributed by atoms with Crippen LogP contribution in [0, 0.1) is 6.92 Å². The summed E-state index contributed by atoms with van der Waals surface area (Å²) in [7, 11) is 1.85. The van der Waals surface area contributed by atoms with Crippen molar-refractivity contribution in [2.24, 2.45) is 0 Å². The molecule has 0 aliphatic heterocycles. The summed E-state index contributed by atoms with van der Waals surface area (Å²) in [6, 6.07) is 5.41. The minimum Gasteiger partial charge on any atom is -0.315 e. The topological polar surface area (TPSA) is 24.9 Å². The lowest BCUT2D eigenvalue weighted by Crippen LogP contribution is -2.05. The number of aromatic nitrogens is 1. The predicted molar refractivity (Wildman–Crippen MR) is 73.9 cm³/mol. The first kappa shape index (κ1) is 15.0. The fourth-order valence-electron chi connectivity index (χ4n) is 1.92. The molecule has 0 atom stereocenters. The molecule has 0 spiro atoms. The zero-order valence-corrected chi connectivity index (χ0v) is 12.0. The van der Waals surface area contributed by atoms with Gasteiger partial charge in [-0.15, -0.1) is 11.3 Å². The number of rotatable bonds is 4. The van der Waals surface area contributed by atoms with Gasteiger partial charge >= 0.3 is 6.18 Å². The van der Waals surface area contributed by atoms with Gasteiger partial charge in [0.15, 0.2) is 0 Å². The number of aryl methyl sites for hydroxylation is 1. The van der Waals surface area contributed by atoms with Crippen molar-refractivity contribution in [3.63, 3.8) is 0 Å². The molecule has 1 N–H and O–H groups in total. The summed E-state index contributed by atoms with van der Waals surface area (Å²) in [5, 5.41) is 3.89. The second-order valence-electron chi connectivity index (χ2n) is 4.52.